The van der Waals surface area contributed by atoms with Gasteiger partial charge in [-0.2, -0.15) is 0 Å². The van der Waals surface area contributed by atoms with Gasteiger partial charge in [0, 0.05) is 19.5 Å². The topological polar surface area (TPSA) is 76.6 Å². The van der Waals surface area contributed by atoms with Crippen LogP contribution in [-0.2, 0) is 11.3 Å². The number of rotatable bonds is 7. The largest absolute Gasteiger partial charge is 0.490 e. The van der Waals surface area contributed by atoms with Gasteiger partial charge in [0.25, 0.3) is 0 Å². The number of amides is 1. The average Bonchev–Trinajstić information content (AvgIpc) is 3.46. The van der Waals surface area contributed by atoms with Crippen LogP contribution < -0.4 is 14.8 Å². The number of benzene rings is 2. The number of likely N-dealkylation sites (tertiary alicyclic amines) is 1. The third kappa shape index (κ3) is 5.42. The van der Waals surface area contributed by atoms with Crippen LogP contribution in [0.15, 0.2) is 52.9 Å². The summed E-state index contributed by atoms with van der Waals surface area (Å²) in [6.07, 6.45) is 2.84. The van der Waals surface area contributed by atoms with Crippen LogP contribution in [0.3, 0.4) is 0 Å². The van der Waals surface area contributed by atoms with E-state index >= 15 is 0 Å². The highest BCUT2D eigenvalue weighted by Gasteiger charge is 2.30. The van der Waals surface area contributed by atoms with Crippen molar-refractivity contribution in [1.82, 2.24) is 15.1 Å². The molecule has 172 valence electrons. The lowest BCUT2D eigenvalue weighted by molar-refractivity contribution is -0.129. The summed E-state index contributed by atoms with van der Waals surface area (Å²) in [6.45, 7) is 2.81. The Morgan fingerprint density at radius 2 is 1.94 bits per heavy atom. The van der Waals surface area contributed by atoms with Crippen molar-refractivity contribution >= 4 is 34.1 Å². The zero-order valence-electron chi connectivity index (χ0n) is 18.2. The molecule has 1 saturated heterocycles. The lowest BCUT2D eigenvalue weighted by Gasteiger charge is -2.25. The molecule has 2 aliphatic heterocycles. The fraction of sp³-hybridized carbons (Fsp3) is 0.375. The van der Waals surface area contributed by atoms with Gasteiger partial charge in [-0.05, 0) is 36.1 Å². The molecule has 3 heterocycles. The molecule has 0 spiro atoms. The molecule has 2 aliphatic rings. The van der Waals surface area contributed by atoms with E-state index in [1.165, 1.54) is 28.7 Å². The van der Waals surface area contributed by atoms with Gasteiger partial charge < -0.3 is 19.7 Å². The molecule has 1 N–H and O–H groups in total. The first-order chi connectivity index (χ1) is 16.3. The Morgan fingerprint density at radius 3 is 2.82 bits per heavy atom. The van der Waals surface area contributed by atoms with Crippen LogP contribution in [0.5, 0.6) is 11.5 Å². The normalized spacial score (nSPS) is 17.6. The monoisotopic (exact) mass is 482 g/mol. The van der Waals surface area contributed by atoms with Crippen LogP contribution in [-0.4, -0.2) is 46.5 Å². The van der Waals surface area contributed by atoms with Crippen LogP contribution in [0.25, 0.3) is 0 Å². The number of hydrogen-bond donors (Lipinski definition) is 1. The van der Waals surface area contributed by atoms with Gasteiger partial charge in [0.15, 0.2) is 15.8 Å². The lowest BCUT2D eigenvalue weighted by Crippen LogP contribution is -2.32. The van der Waals surface area contributed by atoms with Gasteiger partial charge in [-0.3, -0.25) is 4.79 Å². The van der Waals surface area contributed by atoms with E-state index in [1.54, 1.807) is 0 Å². The van der Waals surface area contributed by atoms with E-state index < -0.39 is 0 Å². The summed E-state index contributed by atoms with van der Waals surface area (Å²) in [7, 11) is 0. The molecule has 33 heavy (non-hydrogen) atoms. The first kappa shape index (κ1) is 22.0. The minimum Gasteiger partial charge on any atom is -0.490 e. The maximum atomic E-state index is 13.1. The smallest absolute Gasteiger partial charge is 0.233 e. The second-order valence-electron chi connectivity index (χ2n) is 8.00. The van der Waals surface area contributed by atoms with Gasteiger partial charge in [0.05, 0.1) is 25.0 Å². The number of carbonyl (C=O) groups is 1. The second kappa shape index (κ2) is 10.4. The molecule has 0 aliphatic carbocycles. The maximum absolute atomic E-state index is 13.1. The van der Waals surface area contributed by atoms with Crippen LogP contribution in [0.4, 0.5) is 5.13 Å². The predicted octanol–water partition coefficient (Wildman–Crippen LogP) is 4.77. The van der Waals surface area contributed by atoms with E-state index in [2.05, 4.69) is 33.7 Å². The molecule has 2 aromatic carbocycles. The molecule has 3 aromatic rings. The lowest BCUT2D eigenvalue weighted by atomic mass is 10.0. The van der Waals surface area contributed by atoms with E-state index in [1.807, 2.05) is 35.2 Å². The minimum atomic E-state index is 0.0766. The van der Waals surface area contributed by atoms with Gasteiger partial charge in [-0.15, -0.1) is 10.2 Å². The van der Waals surface area contributed by atoms with Crippen molar-refractivity contribution in [3.63, 3.8) is 0 Å². The number of aromatic nitrogens is 2. The summed E-state index contributed by atoms with van der Waals surface area (Å²) in [5, 5.41) is 12.5. The fourth-order valence-electron chi connectivity index (χ4n) is 4.12. The van der Waals surface area contributed by atoms with E-state index in [4.69, 9.17) is 9.47 Å². The molecule has 7 nitrogen and oxygen atoms in total. The number of nitrogens with zero attached hydrogens (tertiary/aromatic N) is 3. The first-order valence-corrected chi connectivity index (χ1v) is 13.0. The predicted molar refractivity (Wildman–Crippen MR) is 130 cm³/mol. The van der Waals surface area contributed by atoms with Gasteiger partial charge in [0.1, 0.15) is 0 Å². The van der Waals surface area contributed by atoms with Crippen molar-refractivity contribution in [3.8, 4) is 11.5 Å². The summed E-state index contributed by atoms with van der Waals surface area (Å²) in [6, 6.07) is 16.3. The van der Waals surface area contributed by atoms with E-state index in [0.717, 1.165) is 52.3 Å². The molecule has 1 amide bonds. The van der Waals surface area contributed by atoms with Gasteiger partial charge in [-0.1, -0.05) is 59.5 Å². The van der Waals surface area contributed by atoms with E-state index in [-0.39, 0.29) is 11.9 Å². The van der Waals surface area contributed by atoms with Crippen LogP contribution >= 0.6 is 23.1 Å². The van der Waals surface area contributed by atoms with E-state index in [0.29, 0.717) is 25.5 Å². The number of anilines is 1. The molecule has 9 heteroatoms. The Labute approximate surface area is 201 Å². The average molecular weight is 483 g/mol. The van der Waals surface area contributed by atoms with Crippen molar-refractivity contribution in [2.24, 2.45) is 0 Å². The number of fused-ring (bicyclic) bond motifs is 1. The molecular weight excluding hydrogens is 456 g/mol. The summed E-state index contributed by atoms with van der Waals surface area (Å²) >= 11 is 2.93. The third-order valence-corrected chi connectivity index (χ3v) is 7.74. The van der Waals surface area contributed by atoms with Crippen LogP contribution in [0.1, 0.15) is 36.4 Å². The Bertz CT molecular complexity index is 1090. The summed E-state index contributed by atoms with van der Waals surface area (Å²) in [5.41, 5.74) is 2.30. The Hall–Kier alpha value is -2.78. The van der Waals surface area contributed by atoms with Gasteiger partial charge >= 0.3 is 0 Å². The maximum Gasteiger partial charge on any atom is 0.233 e. The van der Waals surface area contributed by atoms with Crippen molar-refractivity contribution in [2.45, 2.75) is 36.2 Å². The number of nitrogens with one attached hydrogen (secondary N) is 1. The van der Waals surface area contributed by atoms with Crippen LogP contribution in [0.2, 0.25) is 0 Å². The number of hydrogen-bond acceptors (Lipinski definition) is 8. The van der Waals surface area contributed by atoms with Crippen molar-refractivity contribution < 1.29 is 14.3 Å². The molecule has 1 fully saturated rings. The zero-order chi connectivity index (χ0) is 22.5. The number of ether oxygens (including phenoxy) is 2. The molecule has 0 saturated carbocycles. The highest BCUT2D eigenvalue weighted by molar-refractivity contribution is 8.01. The van der Waals surface area contributed by atoms with Crippen molar-refractivity contribution in [3.05, 3.63) is 59.7 Å². The highest BCUT2D eigenvalue weighted by Crippen LogP contribution is 2.38. The second-order valence-corrected chi connectivity index (χ2v) is 10.2. The standard InChI is InChI=1S/C24H26N4O3S2/c29-22(16-32-24-27-26-23(33-24)25-15-17-6-2-1-3-7-17)28-11-4-8-19(28)18-9-10-20-21(14-18)31-13-5-12-30-20/h1-3,6-7,9-10,14,19H,4-5,8,11-13,15-16H2,(H,25,26). The Morgan fingerprint density at radius 1 is 1.09 bits per heavy atom. The van der Waals surface area contributed by atoms with Gasteiger partial charge in [-0.25, -0.2) is 0 Å². The molecular formula is C24H26N4O3S2. The van der Waals surface area contributed by atoms with Gasteiger partial charge in [0.2, 0.25) is 11.0 Å². The van der Waals surface area contributed by atoms with Crippen LogP contribution in [0, 0.1) is 0 Å². The number of carbonyl (C=O) groups excluding carboxylic acids is 1. The molecule has 0 bridgehead atoms. The molecule has 1 atom stereocenters. The molecule has 1 unspecified atom stereocenters. The molecule has 1 aromatic heterocycles. The summed E-state index contributed by atoms with van der Waals surface area (Å²) in [5.74, 6) is 2.05. The minimum absolute atomic E-state index is 0.0766. The Balaban J connectivity index is 1.17. The highest BCUT2D eigenvalue weighted by atomic mass is 32.2. The van der Waals surface area contributed by atoms with Crippen molar-refractivity contribution in [1.29, 1.82) is 0 Å². The quantitative estimate of drug-likeness (QED) is 0.486. The Kier molecular flexibility index (Phi) is 6.97. The zero-order valence-corrected chi connectivity index (χ0v) is 19.9. The van der Waals surface area contributed by atoms with E-state index in [9.17, 15) is 4.79 Å². The molecule has 0 radical (unpaired) electrons. The first-order valence-electron chi connectivity index (χ1n) is 11.2. The summed E-state index contributed by atoms with van der Waals surface area (Å²) < 4.78 is 12.4. The number of thioether (sulfide) groups is 1. The molecule has 5 rings (SSSR count). The summed E-state index contributed by atoms with van der Waals surface area (Å²) in [4.78, 5) is 15.0. The van der Waals surface area contributed by atoms with Crippen molar-refractivity contribution in [2.75, 3.05) is 30.8 Å². The fourth-order valence-corrected chi connectivity index (χ4v) is 5.75. The third-order valence-electron chi connectivity index (χ3n) is 5.74. The SMILES string of the molecule is O=C(CSc1nnc(NCc2ccccc2)s1)N1CCCC1c1ccc2c(c1)OCCCO2.